The highest BCUT2D eigenvalue weighted by Crippen LogP contribution is 2.12. The fraction of sp³-hybridized carbons (Fsp3) is 0.467. The first-order valence-electron chi connectivity index (χ1n) is 6.80. The van der Waals surface area contributed by atoms with E-state index < -0.39 is 0 Å². The largest absolute Gasteiger partial charge is 0.396 e. The van der Waals surface area contributed by atoms with Crippen molar-refractivity contribution in [3.8, 4) is 0 Å². The third-order valence-corrected chi connectivity index (χ3v) is 2.77. The van der Waals surface area contributed by atoms with Crippen LogP contribution in [0.4, 0.5) is 5.69 Å². The first kappa shape index (κ1) is 16.2. The lowest BCUT2D eigenvalue weighted by Crippen LogP contribution is -2.23. The first-order chi connectivity index (χ1) is 9.52. The number of aliphatic hydroxyl groups is 1. The maximum absolute atomic E-state index is 11.6. The van der Waals surface area contributed by atoms with E-state index in [1.54, 1.807) is 0 Å². The van der Waals surface area contributed by atoms with Gasteiger partial charge in [-0.1, -0.05) is 26.0 Å². The normalized spacial score (nSPS) is 10.4. The number of amides is 2. The van der Waals surface area contributed by atoms with Gasteiger partial charge in [-0.05, 0) is 24.1 Å². The van der Waals surface area contributed by atoms with Gasteiger partial charge in [0, 0.05) is 31.2 Å². The highest BCUT2D eigenvalue weighted by molar-refractivity contribution is 5.92. The predicted octanol–water partition coefficient (Wildman–Crippen LogP) is 1.67. The minimum atomic E-state index is -0.0873. The number of carbonyl (C=O) groups excluding carboxylic acids is 2. The van der Waals surface area contributed by atoms with Gasteiger partial charge in [0.15, 0.2) is 0 Å². The number of hydrogen-bond donors (Lipinski definition) is 3. The van der Waals surface area contributed by atoms with Crippen LogP contribution in [0.25, 0.3) is 0 Å². The average molecular weight is 278 g/mol. The third kappa shape index (κ3) is 5.84. The maximum Gasteiger partial charge on any atom is 0.226 e. The second-order valence-corrected chi connectivity index (χ2v) is 4.95. The molecule has 0 saturated heterocycles. The molecule has 5 nitrogen and oxygen atoms in total. The Hall–Kier alpha value is -1.88. The molecule has 0 bridgehead atoms. The van der Waals surface area contributed by atoms with E-state index in [-0.39, 0.29) is 24.3 Å². The average Bonchev–Trinajstić information content (AvgIpc) is 2.43. The number of benzene rings is 1. The minimum Gasteiger partial charge on any atom is -0.396 e. The summed E-state index contributed by atoms with van der Waals surface area (Å²) in [6.45, 7) is 4.10. The first-order valence-corrected chi connectivity index (χ1v) is 6.80. The van der Waals surface area contributed by atoms with Crippen LogP contribution in [0.5, 0.6) is 0 Å². The molecule has 1 rings (SSSR count). The van der Waals surface area contributed by atoms with Crippen LogP contribution in [-0.2, 0) is 16.1 Å². The van der Waals surface area contributed by atoms with Gasteiger partial charge in [-0.25, -0.2) is 0 Å². The van der Waals surface area contributed by atoms with Gasteiger partial charge < -0.3 is 15.7 Å². The Bertz CT molecular complexity index is 458. The molecular weight excluding hydrogens is 256 g/mol. The Kier molecular flexibility index (Phi) is 6.73. The van der Waals surface area contributed by atoms with E-state index in [0.29, 0.717) is 19.4 Å². The minimum absolute atomic E-state index is 0.0180. The highest BCUT2D eigenvalue weighted by Gasteiger charge is 2.07. The van der Waals surface area contributed by atoms with E-state index >= 15 is 0 Å². The van der Waals surface area contributed by atoms with Crippen molar-refractivity contribution in [3.63, 3.8) is 0 Å². The summed E-state index contributed by atoms with van der Waals surface area (Å²) >= 11 is 0. The molecule has 0 aliphatic carbocycles. The van der Waals surface area contributed by atoms with Gasteiger partial charge in [-0.2, -0.15) is 0 Å². The fourth-order valence-corrected chi connectivity index (χ4v) is 1.57. The molecule has 0 aromatic heterocycles. The number of hydrogen-bond acceptors (Lipinski definition) is 3. The Balaban J connectivity index is 2.51. The van der Waals surface area contributed by atoms with Crippen LogP contribution in [0.15, 0.2) is 24.3 Å². The highest BCUT2D eigenvalue weighted by atomic mass is 16.3. The number of aliphatic hydroxyl groups excluding tert-OH is 1. The van der Waals surface area contributed by atoms with Gasteiger partial charge >= 0.3 is 0 Å². The molecule has 0 unspecified atom stereocenters. The molecule has 0 spiro atoms. The molecule has 110 valence electrons. The Morgan fingerprint density at radius 3 is 2.70 bits per heavy atom. The molecule has 1 aromatic rings. The van der Waals surface area contributed by atoms with Gasteiger partial charge in [0.25, 0.3) is 0 Å². The molecule has 0 atom stereocenters. The van der Waals surface area contributed by atoms with Gasteiger partial charge in [0.2, 0.25) is 11.8 Å². The fourth-order valence-electron chi connectivity index (χ4n) is 1.57. The summed E-state index contributed by atoms with van der Waals surface area (Å²) in [5, 5.41) is 14.2. The lowest BCUT2D eigenvalue weighted by molar-refractivity contribution is -0.121. The molecule has 5 heteroatoms. The van der Waals surface area contributed by atoms with Gasteiger partial charge in [-0.15, -0.1) is 0 Å². The number of anilines is 1. The van der Waals surface area contributed by atoms with E-state index in [1.165, 1.54) is 0 Å². The second-order valence-electron chi connectivity index (χ2n) is 4.95. The Labute approximate surface area is 119 Å². The summed E-state index contributed by atoms with van der Waals surface area (Å²) in [5.41, 5.74) is 1.65. The molecule has 1 aromatic carbocycles. The van der Waals surface area contributed by atoms with Crippen molar-refractivity contribution >= 4 is 17.5 Å². The smallest absolute Gasteiger partial charge is 0.226 e. The molecule has 3 N–H and O–H groups in total. The zero-order valence-electron chi connectivity index (χ0n) is 12.0. The van der Waals surface area contributed by atoms with Gasteiger partial charge in [0.1, 0.15) is 0 Å². The van der Waals surface area contributed by atoms with E-state index in [9.17, 15) is 9.59 Å². The SMILES string of the molecule is CC(C)C(=O)Nc1cccc(CNC(=O)CCCO)c1. The molecule has 0 aliphatic heterocycles. The van der Waals surface area contributed by atoms with Crippen molar-refractivity contribution in [2.24, 2.45) is 5.92 Å². The Morgan fingerprint density at radius 2 is 2.05 bits per heavy atom. The zero-order chi connectivity index (χ0) is 15.0. The molecule has 0 saturated carbocycles. The van der Waals surface area contributed by atoms with Crippen molar-refractivity contribution in [2.75, 3.05) is 11.9 Å². The van der Waals surface area contributed by atoms with E-state index in [4.69, 9.17) is 5.11 Å². The van der Waals surface area contributed by atoms with E-state index in [0.717, 1.165) is 11.3 Å². The number of carbonyl (C=O) groups is 2. The molecule has 20 heavy (non-hydrogen) atoms. The third-order valence-electron chi connectivity index (χ3n) is 2.77. The molecule has 0 heterocycles. The molecule has 0 fully saturated rings. The van der Waals surface area contributed by atoms with Crippen LogP contribution in [0, 0.1) is 5.92 Å². The molecule has 0 aliphatic rings. The van der Waals surface area contributed by atoms with Crippen LogP contribution in [0.1, 0.15) is 32.3 Å². The van der Waals surface area contributed by atoms with Gasteiger partial charge in [-0.3, -0.25) is 9.59 Å². The maximum atomic E-state index is 11.6. The molecular formula is C15H22N2O3. The summed E-state index contributed by atoms with van der Waals surface area (Å²) in [5.74, 6) is -0.193. The van der Waals surface area contributed by atoms with Crippen LogP contribution < -0.4 is 10.6 Å². The topological polar surface area (TPSA) is 78.4 Å². The number of rotatable bonds is 7. The number of nitrogens with one attached hydrogen (secondary N) is 2. The lowest BCUT2D eigenvalue weighted by atomic mass is 10.1. The summed E-state index contributed by atoms with van der Waals surface area (Å²) in [4.78, 5) is 23.0. The van der Waals surface area contributed by atoms with Crippen molar-refractivity contribution < 1.29 is 14.7 Å². The van der Waals surface area contributed by atoms with Crippen molar-refractivity contribution in [3.05, 3.63) is 29.8 Å². The van der Waals surface area contributed by atoms with Crippen LogP contribution in [0.3, 0.4) is 0 Å². The van der Waals surface area contributed by atoms with Crippen LogP contribution in [-0.4, -0.2) is 23.5 Å². The summed E-state index contributed by atoms with van der Waals surface area (Å²) < 4.78 is 0. The van der Waals surface area contributed by atoms with Crippen molar-refractivity contribution in [1.29, 1.82) is 0 Å². The summed E-state index contributed by atoms with van der Waals surface area (Å²) in [7, 11) is 0. The second kappa shape index (κ2) is 8.32. The zero-order valence-corrected chi connectivity index (χ0v) is 12.0. The molecule has 2 amide bonds. The standard InChI is InChI=1S/C15H22N2O3/c1-11(2)15(20)17-13-6-3-5-12(9-13)10-16-14(19)7-4-8-18/h3,5-6,9,11,18H,4,7-8,10H2,1-2H3,(H,16,19)(H,17,20). The van der Waals surface area contributed by atoms with E-state index in [2.05, 4.69) is 10.6 Å². The summed E-state index contributed by atoms with van der Waals surface area (Å²) in [6.07, 6.45) is 0.788. The monoisotopic (exact) mass is 278 g/mol. The van der Waals surface area contributed by atoms with Crippen LogP contribution in [0.2, 0.25) is 0 Å². The van der Waals surface area contributed by atoms with Gasteiger partial charge in [0.05, 0.1) is 0 Å². The van der Waals surface area contributed by atoms with Crippen molar-refractivity contribution in [2.45, 2.75) is 33.2 Å². The quantitative estimate of drug-likeness (QED) is 0.710. The molecule has 0 radical (unpaired) electrons. The van der Waals surface area contributed by atoms with Crippen LogP contribution >= 0.6 is 0 Å². The predicted molar refractivity (Wildman–Crippen MR) is 78.1 cm³/mol. The summed E-state index contributed by atoms with van der Waals surface area (Å²) in [6, 6.07) is 7.38. The van der Waals surface area contributed by atoms with E-state index in [1.807, 2.05) is 38.1 Å². The lowest BCUT2D eigenvalue weighted by Gasteiger charge is -2.10. The Morgan fingerprint density at radius 1 is 1.30 bits per heavy atom. The van der Waals surface area contributed by atoms with Crippen molar-refractivity contribution in [1.82, 2.24) is 5.32 Å².